The largest absolute Gasteiger partial charge is 0.387 e. The third kappa shape index (κ3) is 4.38. The quantitative estimate of drug-likeness (QED) is 0.557. The Morgan fingerprint density at radius 2 is 1.81 bits per heavy atom. The predicted octanol–water partition coefficient (Wildman–Crippen LogP) is 2.29. The van der Waals surface area contributed by atoms with Gasteiger partial charge in [-0.05, 0) is 31.2 Å². The summed E-state index contributed by atoms with van der Waals surface area (Å²) < 4.78 is 0. The summed E-state index contributed by atoms with van der Waals surface area (Å²) in [4.78, 5) is 3.80. The molecule has 0 bridgehead atoms. The first-order valence-electron chi connectivity index (χ1n) is 5.03. The molecule has 0 atom stereocenters. The lowest BCUT2D eigenvalue weighted by molar-refractivity contribution is 1.39. The van der Waals surface area contributed by atoms with E-state index in [9.17, 15) is 0 Å². The van der Waals surface area contributed by atoms with Gasteiger partial charge in [0.25, 0.3) is 0 Å². The van der Waals surface area contributed by atoms with Gasteiger partial charge in [0, 0.05) is 5.56 Å². The van der Waals surface area contributed by atoms with Crippen LogP contribution in [0.5, 0.6) is 0 Å². The Bertz CT molecular complexity index is 406. The number of aliphatic imine (C=N–C) groups is 1. The van der Waals surface area contributed by atoms with Crippen molar-refractivity contribution in [2.45, 2.75) is 20.8 Å². The summed E-state index contributed by atoms with van der Waals surface area (Å²) in [5.74, 6) is 0.453. The number of hydrogen-bond donors (Lipinski definition) is 2. The Hall–Kier alpha value is -2.15. The molecule has 1 rings (SSSR count). The average Bonchev–Trinajstić information content (AvgIpc) is 2.31. The number of amidine groups is 2. The van der Waals surface area contributed by atoms with Gasteiger partial charge in [-0.25, -0.2) is 4.99 Å². The standard InChI is InChI=1S/C10H10N4.C2H6/c1-7(12)14-10(13)9-4-2-8(6-11)3-5-9;1-2/h2-5H,1H3,(H3,12,13,14);1-2H3. The Balaban J connectivity index is 0.00000106. The van der Waals surface area contributed by atoms with Crippen LogP contribution in [-0.2, 0) is 0 Å². The second-order valence-electron chi connectivity index (χ2n) is 2.79. The zero-order valence-electron chi connectivity index (χ0n) is 9.78. The maximum absolute atomic E-state index is 8.56. The molecule has 0 aromatic heterocycles. The molecule has 3 N–H and O–H groups in total. The van der Waals surface area contributed by atoms with Gasteiger partial charge in [-0.15, -0.1) is 0 Å². The van der Waals surface area contributed by atoms with Crippen molar-refractivity contribution in [3.8, 4) is 6.07 Å². The number of rotatable bonds is 1. The second kappa shape index (κ2) is 7.18. The van der Waals surface area contributed by atoms with Crippen LogP contribution in [-0.4, -0.2) is 11.7 Å². The molecule has 0 spiro atoms. The van der Waals surface area contributed by atoms with Crippen molar-refractivity contribution in [1.29, 1.82) is 10.7 Å². The molecule has 0 unspecified atom stereocenters. The van der Waals surface area contributed by atoms with Crippen LogP contribution in [0.15, 0.2) is 29.3 Å². The topological polar surface area (TPSA) is 86.0 Å². The molecule has 84 valence electrons. The van der Waals surface area contributed by atoms with E-state index in [-0.39, 0.29) is 5.84 Å². The van der Waals surface area contributed by atoms with Gasteiger partial charge in [-0.2, -0.15) is 5.26 Å². The Kier molecular flexibility index (Phi) is 6.22. The Morgan fingerprint density at radius 1 is 1.31 bits per heavy atom. The van der Waals surface area contributed by atoms with Crippen LogP contribution in [0.2, 0.25) is 0 Å². The van der Waals surface area contributed by atoms with Crippen LogP contribution < -0.4 is 5.73 Å². The molecule has 0 aliphatic heterocycles. The van der Waals surface area contributed by atoms with Gasteiger partial charge < -0.3 is 5.73 Å². The molecular weight excluding hydrogens is 200 g/mol. The summed E-state index contributed by atoms with van der Waals surface area (Å²) in [6.07, 6.45) is 0. The first-order valence-corrected chi connectivity index (χ1v) is 5.03. The van der Waals surface area contributed by atoms with Crippen molar-refractivity contribution >= 4 is 11.7 Å². The zero-order valence-corrected chi connectivity index (χ0v) is 9.78. The van der Waals surface area contributed by atoms with E-state index in [2.05, 4.69) is 4.99 Å². The molecule has 0 aliphatic carbocycles. The highest BCUT2D eigenvalue weighted by molar-refractivity contribution is 6.03. The first-order chi connectivity index (χ1) is 7.63. The Labute approximate surface area is 95.9 Å². The average molecular weight is 216 g/mol. The summed E-state index contributed by atoms with van der Waals surface area (Å²) >= 11 is 0. The fourth-order valence-electron chi connectivity index (χ4n) is 0.944. The minimum Gasteiger partial charge on any atom is -0.387 e. The van der Waals surface area contributed by atoms with Crippen LogP contribution in [0.25, 0.3) is 0 Å². The number of nitrogens with zero attached hydrogens (tertiary/aromatic N) is 2. The number of hydrogen-bond acceptors (Lipinski definition) is 2. The van der Waals surface area contributed by atoms with Gasteiger partial charge in [-0.1, -0.05) is 13.8 Å². The van der Waals surface area contributed by atoms with E-state index in [0.717, 1.165) is 0 Å². The van der Waals surface area contributed by atoms with Crippen molar-refractivity contribution in [2.75, 3.05) is 0 Å². The highest BCUT2D eigenvalue weighted by atomic mass is 14.9. The van der Waals surface area contributed by atoms with Crippen LogP contribution in [0.4, 0.5) is 0 Å². The highest BCUT2D eigenvalue weighted by Crippen LogP contribution is 2.04. The molecule has 0 heterocycles. The fourth-order valence-corrected chi connectivity index (χ4v) is 0.944. The molecule has 1 aromatic carbocycles. The normalized spacial score (nSPS) is 9.75. The third-order valence-corrected chi connectivity index (χ3v) is 1.58. The van der Waals surface area contributed by atoms with Crippen molar-refractivity contribution in [2.24, 2.45) is 10.7 Å². The van der Waals surface area contributed by atoms with E-state index in [1.807, 2.05) is 19.9 Å². The summed E-state index contributed by atoms with van der Waals surface area (Å²) in [6.45, 7) is 5.62. The van der Waals surface area contributed by atoms with Gasteiger partial charge in [0.05, 0.1) is 17.5 Å². The van der Waals surface area contributed by atoms with E-state index >= 15 is 0 Å². The summed E-state index contributed by atoms with van der Waals surface area (Å²) in [7, 11) is 0. The SMILES string of the molecule is CC.CC(N)=NC(=N)c1ccc(C#N)cc1. The smallest absolute Gasteiger partial charge is 0.153 e. The van der Waals surface area contributed by atoms with Crippen molar-refractivity contribution in [3.05, 3.63) is 35.4 Å². The molecule has 4 nitrogen and oxygen atoms in total. The van der Waals surface area contributed by atoms with Gasteiger partial charge in [0.2, 0.25) is 0 Å². The molecule has 0 aliphatic rings. The monoisotopic (exact) mass is 216 g/mol. The minimum atomic E-state index is 0.106. The van der Waals surface area contributed by atoms with Crippen LogP contribution >= 0.6 is 0 Å². The maximum Gasteiger partial charge on any atom is 0.153 e. The zero-order chi connectivity index (χ0) is 12.6. The van der Waals surface area contributed by atoms with E-state index in [0.29, 0.717) is 17.0 Å². The predicted molar refractivity (Wildman–Crippen MR) is 66.6 cm³/mol. The lowest BCUT2D eigenvalue weighted by Crippen LogP contribution is -2.09. The molecule has 0 amide bonds. The number of nitrogens with two attached hydrogens (primary N) is 1. The highest BCUT2D eigenvalue weighted by Gasteiger charge is 1.99. The van der Waals surface area contributed by atoms with Crippen molar-refractivity contribution in [3.63, 3.8) is 0 Å². The number of nitrogens with one attached hydrogen (secondary N) is 1. The van der Waals surface area contributed by atoms with Gasteiger partial charge >= 0.3 is 0 Å². The van der Waals surface area contributed by atoms with E-state index in [4.69, 9.17) is 16.4 Å². The molecular formula is C12H16N4. The lowest BCUT2D eigenvalue weighted by Gasteiger charge is -1.98. The number of nitriles is 1. The van der Waals surface area contributed by atoms with E-state index in [1.165, 1.54) is 0 Å². The van der Waals surface area contributed by atoms with Crippen LogP contribution in [0.1, 0.15) is 31.9 Å². The molecule has 1 aromatic rings. The van der Waals surface area contributed by atoms with Crippen molar-refractivity contribution < 1.29 is 0 Å². The summed E-state index contributed by atoms with van der Waals surface area (Å²) in [6, 6.07) is 8.64. The fraction of sp³-hybridized carbons (Fsp3) is 0.250. The summed E-state index contributed by atoms with van der Waals surface area (Å²) in [5.41, 5.74) is 6.56. The maximum atomic E-state index is 8.56. The molecule has 0 saturated carbocycles. The Morgan fingerprint density at radius 3 is 2.19 bits per heavy atom. The van der Waals surface area contributed by atoms with Crippen molar-refractivity contribution in [1.82, 2.24) is 0 Å². The molecule has 16 heavy (non-hydrogen) atoms. The molecule has 4 heteroatoms. The van der Waals surface area contributed by atoms with Crippen LogP contribution in [0.3, 0.4) is 0 Å². The molecule has 0 saturated heterocycles. The van der Waals surface area contributed by atoms with Gasteiger partial charge in [0.1, 0.15) is 0 Å². The summed E-state index contributed by atoms with van der Waals surface area (Å²) in [5, 5.41) is 16.1. The minimum absolute atomic E-state index is 0.106. The molecule has 0 radical (unpaired) electrons. The van der Waals surface area contributed by atoms with E-state index in [1.54, 1.807) is 31.2 Å². The lowest BCUT2D eigenvalue weighted by atomic mass is 10.1. The van der Waals surface area contributed by atoms with E-state index < -0.39 is 0 Å². The first kappa shape index (κ1) is 13.8. The van der Waals surface area contributed by atoms with Gasteiger partial charge in [-0.3, -0.25) is 5.41 Å². The third-order valence-electron chi connectivity index (χ3n) is 1.58. The number of benzene rings is 1. The van der Waals surface area contributed by atoms with Crippen LogP contribution in [0, 0.1) is 16.7 Å². The van der Waals surface area contributed by atoms with Gasteiger partial charge in [0.15, 0.2) is 5.84 Å². The molecule has 0 fully saturated rings. The second-order valence-corrected chi connectivity index (χ2v) is 2.79.